The maximum Gasteiger partial charge on any atom is 0.408 e. The van der Waals surface area contributed by atoms with Gasteiger partial charge in [-0.15, -0.1) is 6.58 Å². The van der Waals surface area contributed by atoms with Gasteiger partial charge in [-0.2, -0.15) is 0 Å². The Kier molecular flexibility index (Phi) is 6.93. The molecule has 158 valence electrons. The highest BCUT2D eigenvalue weighted by Crippen LogP contribution is 2.44. The number of rotatable bonds is 10. The summed E-state index contributed by atoms with van der Waals surface area (Å²) in [6.45, 7) is 5.38. The Hall–Kier alpha value is -3.08. The van der Waals surface area contributed by atoms with Crippen molar-refractivity contribution in [2.75, 3.05) is 6.61 Å². The lowest BCUT2D eigenvalue weighted by Crippen LogP contribution is -2.52. The summed E-state index contributed by atoms with van der Waals surface area (Å²) in [5.41, 5.74) is 3.19. The van der Waals surface area contributed by atoms with Crippen molar-refractivity contribution in [3.63, 3.8) is 0 Å². The molecule has 1 atom stereocenters. The van der Waals surface area contributed by atoms with E-state index in [9.17, 15) is 14.7 Å². The van der Waals surface area contributed by atoms with Gasteiger partial charge in [-0.3, -0.25) is 0 Å². The molecule has 0 saturated heterocycles. The zero-order chi connectivity index (χ0) is 21.6. The molecule has 0 fully saturated rings. The first-order valence-corrected chi connectivity index (χ1v) is 10.4. The largest absolute Gasteiger partial charge is 0.480 e. The number of fused-ring (bicyclic) bond motifs is 3. The lowest BCUT2D eigenvalue weighted by atomic mass is 9.94. The van der Waals surface area contributed by atoms with Crippen LogP contribution >= 0.6 is 0 Å². The Morgan fingerprint density at radius 1 is 1.07 bits per heavy atom. The lowest BCUT2D eigenvalue weighted by molar-refractivity contribution is -0.144. The molecule has 0 radical (unpaired) electrons. The van der Waals surface area contributed by atoms with Crippen molar-refractivity contribution in [1.82, 2.24) is 5.32 Å². The number of amides is 1. The van der Waals surface area contributed by atoms with Gasteiger partial charge in [-0.1, -0.05) is 67.4 Å². The van der Waals surface area contributed by atoms with Gasteiger partial charge in [0.2, 0.25) is 0 Å². The second-order valence-electron chi connectivity index (χ2n) is 7.98. The number of carboxylic acids is 1. The predicted molar refractivity (Wildman–Crippen MR) is 118 cm³/mol. The number of nitrogens with one attached hydrogen (secondary N) is 1. The molecule has 30 heavy (non-hydrogen) atoms. The molecule has 0 spiro atoms. The average Bonchev–Trinajstić information content (AvgIpc) is 3.06. The van der Waals surface area contributed by atoms with E-state index in [1.807, 2.05) is 42.5 Å². The van der Waals surface area contributed by atoms with E-state index >= 15 is 0 Å². The number of alkyl carbamates (subject to hydrolysis) is 1. The van der Waals surface area contributed by atoms with Crippen molar-refractivity contribution in [2.24, 2.45) is 0 Å². The normalized spacial score (nSPS) is 14.3. The molecule has 0 heterocycles. The Labute approximate surface area is 177 Å². The summed E-state index contributed by atoms with van der Waals surface area (Å²) in [7, 11) is 0. The minimum Gasteiger partial charge on any atom is -0.480 e. The van der Waals surface area contributed by atoms with Crippen LogP contribution in [-0.4, -0.2) is 29.3 Å². The van der Waals surface area contributed by atoms with Crippen molar-refractivity contribution >= 4 is 12.1 Å². The van der Waals surface area contributed by atoms with Crippen LogP contribution in [-0.2, 0) is 9.53 Å². The number of benzene rings is 2. The molecule has 3 rings (SSSR count). The molecular weight excluding hydrogens is 378 g/mol. The highest BCUT2D eigenvalue weighted by Gasteiger charge is 2.35. The molecule has 0 saturated carbocycles. The van der Waals surface area contributed by atoms with Crippen molar-refractivity contribution in [3.05, 3.63) is 72.3 Å². The molecule has 2 aromatic rings. The number of hydrogen-bond donors (Lipinski definition) is 2. The molecule has 5 heteroatoms. The maximum atomic E-state index is 12.5. The van der Waals surface area contributed by atoms with Crippen molar-refractivity contribution in [1.29, 1.82) is 0 Å². The van der Waals surface area contributed by atoms with Crippen LogP contribution in [0.1, 0.15) is 56.1 Å². The third-order valence-electron chi connectivity index (χ3n) is 5.78. The van der Waals surface area contributed by atoms with Gasteiger partial charge < -0.3 is 15.2 Å². The van der Waals surface area contributed by atoms with Gasteiger partial charge in [-0.05, 0) is 48.4 Å². The molecule has 5 nitrogen and oxygen atoms in total. The van der Waals surface area contributed by atoms with Crippen LogP contribution in [0.15, 0.2) is 61.2 Å². The Morgan fingerprint density at radius 3 is 2.23 bits per heavy atom. The highest BCUT2D eigenvalue weighted by atomic mass is 16.5. The summed E-state index contributed by atoms with van der Waals surface area (Å²) in [5, 5.41) is 12.2. The molecule has 1 amide bonds. The van der Waals surface area contributed by atoms with Crippen molar-refractivity contribution in [2.45, 2.75) is 50.5 Å². The Morgan fingerprint density at radius 2 is 1.67 bits per heavy atom. The molecule has 0 aliphatic heterocycles. The molecule has 1 aliphatic rings. The topological polar surface area (TPSA) is 75.6 Å². The number of carbonyl (C=O) groups is 2. The minimum atomic E-state index is -1.35. The Balaban J connectivity index is 1.62. The van der Waals surface area contributed by atoms with Crippen LogP contribution in [0.25, 0.3) is 11.1 Å². The second-order valence-corrected chi connectivity index (χ2v) is 7.98. The summed E-state index contributed by atoms with van der Waals surface area (Å²) in [5.74, 6) is -1.11. The van der Waals surface area contributed by atoms with Crippen LogP contribution in [0.3, 0.4) is 0 Å². The van der Waals surface area contributed by atoms with Gasteiger partial charge in [0, 0.05) is 5.92 Å². The quantitative estimate of drug-likeness (QED) is 0.402. The van der Waals surface area contributed by atoms with Gasteiger partial charge in [0.25, 0.3) is 0 Å². The average molecular weight is 408 g/mol. The van der Waals surface area contributed by atoms with Crippen molar-refractivity contribution < 1.29 is 19.4 Å². The fourth-order valence-electron chi connectivity index (χ4n) is 4.03. The smallest absolute Gasteiger partial charge is 0.408 e. The first kappa shape index (κ1) is 21.6. The number of unbranched alkanes of at least 4 members (excludes halogenated alkanes) is 3. The summed E-state index contributed by atoms with van der Waals surface area (Å²) in [6.07, 6.45) is 4.97. The predicted octanol–water partition coefficient (Wildman–Crippen LogP) is 5.50. The van der Waals surface area contributed by atoms with Gasteiger partial charge in [0.15, 0.2) is 0 Å². The zero-order valence-electron chi connectivity index (χ0n) is 17.4. The summed E-state index contributed by atoms with van der Waals surface area (Å²) < 4.78 is 5.50. The molecule has 2 N–H and O–H groups in total. The zero-order valence-corrected chi connectivity index (χ0v) is 17.4. The first-order chi connectivity index (χ1) is 14.5. The van der Waals surface area contributed by atoms with E-state index in [-0.39, 0.29) is 12.5 Å². The van der Waals surface area contributed by atoms with Crippen LogP contribution < -0.4 is 5.32 Å². The third-order valence-corrected chi connectivity index (χ3v) is 5.78. The summed E-state index contributed by atoms with van der Waals surface area (Å²) in [4.78, 5) is 24.2. The second kappa shape index (κ2) is 9.61. The van der Waals surface area contributed by atoms with Crippen molar-refractivity contribution in [3.8, 4) is 11.1 Å². The highest BCUT2D eigenvalue weighted by molar-refractivity contribution is 5.84. The van der Waals surface area contributed by atoms with Gasteiger partial charge in [0.05, 0.1) is 0 Å². The van der Waals surface area contributed by atoms with Crippen LogP contribution in [0.5, 0.6) is 0 Å². The standard InChI is InChI=1S/C25H29NO4/c1-3-4-5-6-11-16-25(2,23(27)28)26-24(29)30-17-22-20-14-9-7-12-18(20)19-13-8-10-15-21(19)22/h3,7-10,12-15,22H,1,4-6,11,16-17H2,2H3,(H,26,29)(H,27,28). The molecule has 0 bridgehead atoms. The van der Waals surface area contributed by atoms with Gasteiger partial charge in [0.1, 0.15) is 12.1 Å². The minimum absolute atomic E-state index is 0.0573. The number of aliphatic carboxylic acids is 1. The van der Waals surface area contributed by atoms with Gasteiger partial charge >= 0.3 is 12.1 Å². The van der Waals surface area contributed by atoms with Crippen LogP contribution in [0, 0.1) is 0 Å². The summed E-state index contributed by atoms with van der Waals surface area (Å²) >= 11 is 0. The van der Waals surface area contributed by atoms with Crippen LogP contribution in [0.4, 0.5) is 4.79 Å². The number of allylic oxidation sites excluding steroid dienone is 1. The Bertz CT molecular complexity index is 877. The molecule has 2 aromatic carbocycles. The number of hydrogen-bond acceptors (Lipinski definition) is 3. The monoisotopic (exact) mass is 407 g/mol. The number of ether oxygens (including phenoxy) is 1. The first-order valence-electron chi connectivity index (χ1n) is 10.4. The lowest BCUT2D eigenvalue weighted by Gasteiger charge is -2.26. The van der Waals surface area contributed by atoms with E-state index in [0.717, 1.165) is 41.5 Å². The third kappa shape index (κ3) is 4.73. The molecule has 1 unspecified atom stereocenters. The maximum absolute atomic E-state index is 12.5. The van der Waals surface area contributed by atoms with E-state index in [1.165, 1.54) is 6.92 Å². The van der Waals surface area contributed by atoms with Gasteiger partial charge in [-0.25, -0.2) is 9.59 Å². The molecular formula is C25H29NO4. The van der Waals surface area contributed by atoms with E-state index in [1.54, 1.807) is 0 Å². The fourth-order valence-corrected chi connectivity index (χ4v) is 4.03. The van der Waals surface area contributed by atoms with E-state index in [0.29, 0.717) is 12.8 Å². The number of carboxylic acid groups (broad SMARTS) is 1. The number of carbonyl (C=O) groups excluding carboxylic acids is 1. The van der Waals surface area contributed by atoms with E-state index < -0.39 is 17.6 Å². The molecule has 1 aliphatic carbocycles. The summed E-state index contributed by atoms with van der Waals surface area (Å²) in [6, 6.07) is 16.2. The van der Waals surface area contributed by atoms with E-state index in [4.69, 9.17) is 4.74 Å². The van der Waals surface area contributed by atoms with E-state index in [2.05, 4.69) is 24.0 Å². The fraction of sp³-hybridized carbons (Fsp3) is 0.360. The SMILES string of the molecule is C=CCCCCCC(C)(NC(=O)OCC1c2ccccc2-c2ccccc21)C(=O)O. The van der Waals surface area contributed by atoms with Crippen LogP contribution in [0.2, 0.25) is 0 Å². The molecule has 0 aromatic heterocycles.